The number of hydrogen-bond donors (Lipinski definition) is 2. The number of nitrogens with one attached hydrogen (secondary N) is 2. The van der Waals surface area contributed by atoms with Gasteiger partial charge in [-0.2, -0.15) is 10.4 Å². The molecule has 0 bridgehead atoms. The maximum absolute atomic E-state index is 9.13. The Morgan fingerprint density at radius 2 is 1.85 bits per heavy atom. The number of aromatic nitrogens is 2. The summed E-state index contributed by atoms with van der Waals surface area (Å²) < 4.78 is 5.80. The van der Waals surface area contributed by atoms with Crippen LogP contribution >= 0.6 is 0 Å². The van der Waals surface area contributed by atoms with E-state index in [4.69, 9.17) is 10.00 Å². The number of nitriles is 1. The third-order valence-electron chi connectivity index (χ3n) is 4.04. The van der Waals surface area contributed by atoms with Crippen LogP contribution in [0.15, 0.2) is 54.7 Å². The minimum absolute atomic E-state index is 0.0271. The number of ether oxygens (including phenoxy) is 1. The topological polar surface area (TPSA) is 73.7 Å². The Bertz CT molecular complexity index is 914. The molecule has 5 nitrogen and oxygen atoms in total. The molecular formula is C21H22N4O. The lowest BCUT2D eigenvalue weighted by molar-refractivity contribution is 0.481. The number of nitrogens with zero attached hydrogens (tertiary/aromatic N) is 2. The fraction of sp³-hybridized carbons (Fsp3) is 0.238. The van der Waals surface area contributed by atoms with Gasteiger partial charge in [0.25, 0.3) is 0 Å². The van der Waals surface area contributed by atoms with Gasteiger partial charge in [0.2, 0.25) is 0 Å². The van der Waals surface area contributed by atoms with Crippen LogP contribution in [0.1, 0.15) is 37.6 Å². The highest BCUT2D eigenvalue weighted by Crippen LogP contribution is 2.27. The summed E-state index contributed by atoms with van der Waals surface area (Å²) in [6.07, 6.45) is 1.86. The number of para-hydroxylation sites is 1. The molecule has 2 aromatic carbocycles. The summed E-state index contributed by atoms with van der Waals surface area (Å²) in [7, 11) is 0. The van der Waals surface area contributed by atoms with E-state index in [1.54, 1.807) is 12.1 Å². The van der Waals surface area contributed by atoms with E-state index in [1.807, 2.05) is 42.6 Å². The second kappa shape index (κ2) is 7.32. The summed E-state index contributed by atoms with van der Waals surface area (Å²) in [4.78, 5) is 0. The SMILES string of the molecule is CC(C)(C)c1[nH]ncc1CNc1ccc(Oc2ccccc2C#N)cc1. The molecule has 0 saturated heterocycles. The maximum atomic E-state index is 9.13. The number of aromatic amines is 1. The molecule has 0 unspecified atom stereocenters. The summed E-state index contributed by atoms with van der Waals surface area (Å²) in [5.74, 6) is 1.25. The monoisotopic (exact) mass is 346 g/mol. The van der Waals surface area contributed by atoms with Gasteiger partial charge in [-0.05, 0) is 36.4 Å². The predicted octanol–water partition coefficient (Wildman–Crippen LogP) is 4.98. The lowest BCUT2D eigenvalue weighted by atomic mass is 9.89. The van der Waals surface area contributed by atoms with Crippen molar-refractivity contribution in [1.82, 2.24) is 10.2 Å². The Hall–Kier alpha value is -3.26. The molecule has 0 amide bonds. The lowest BCUT2D eigenvalue weighted by Gasteiger charge is -2.18. The van der Waals surface area contributed by atoms with E-state index in [1.165, 1.54) is 0 Å². The third kappa shape index (κ3) is 4.04. The van der Waals surface area contributed by atoms with E-state index in [2.05, 4.69) is 42.4 Å². The Balaban J connectivity index is 1.66. The smallest absolute Gasteiger partial charge is 0.145 e. The quantitative estimate of drug-likeness (QED) is 0.683. The third-order valence-corrected chi connectivity index (χ3v) is 4.04. The van der Waals surface area contributed by atoms with Crippen LogP contribution in [0, 0.1) is 11.3 Å². The van der Waals surface area contributed by atoms with Crippen LogP contribution in [0.25, 0.3) is 0 Å². The highest BCUT2D eigenvalue weighted by molar-refractivity contribution is 5.49. The summed E-state index contributed by atoms with van der Waals surface area (Å²) in [6.45, 7) is 7.18. The van der Waals surface area contributed by atoms with Crippen LogP contribution in [0.5, 0.6) is 11.5 Å². The van der Waals surface area contributed by atoms with Gasteiger partial charge in [-0.25, -0.2) is 0 Å². The van der Waals surface area contributed by atoms with Crippen molar-refractivity contribution in [3.05, 3.63) is 71.5 Å². The van der Waals surface area contributed by atoms with Crippen molar-refractivity contribution in [1.29, 1.82) is 5.26 Å². The van der Waals surface area contributed by atoms with Crippen LogP contribution in [0.4, 0.5) is 5.69 Å². The molecular weight excluding hydrogens is 324 g/mol. The van der Waals surface area contributed by atoms with Gasteiger partial charge in [-0.3, -0.25) is 5.10 Å². The number of hydrogen-bond acceptors (Lipinski definition) is 4. The average molecular weight is 346 g/mol. The zero-order valence-corrected chi connectivity index (χ0v) is 15.2. The maximum Gasteiger partial charge on any atom is 0.145 e. The summed E-state index contributed by atoms with van der Waals surface area (Å²) in [5.41, 5.74) is 3.83. The minimum Gasteiger partial charge on any atom is -0.456 e. The molecule has 5 heteroatoms. The van der Waals surface area contributed by atoms with Gasteiger partial charge in [-0.1, -0.05) is 32.9 Å². The molecule has 132 valence electrons. The van der Waals surface area contributed by atoms with Gasteiger partial charge < -0.3 is 10.1 Å². The highest BCUT2D eigenvalue weighted by atomic mass is 16.5. The standard InChI is InChI=1S/C21H22N4O/c1-21(2,3)20-16(14-24-25-20)13-23-17-8-10-18(11-9-17)26-19-7-5-4-6-15(19)12-22/h4-11,14,23H,13H2,1-3H3,(H,24,25). The molecule has 0 aliphatic heterocycles. The van der Waals surface area contributed by atoms with Crippen molar-refractivity contribution < 1.29 is 4.74 Å². The predicted molar refractivity (Wildman–Crippen MR) is 102 cm³/mol. The van der Waals surface area contributed by atoms with Crippen molar-refractivity contribution in [3.8, 4) is 17.6 Å². The number of anilines is 1. The fourth-order valence-corrected chi connectivity index (χ4v) is 2.71. The van der Waals surface area contributed by atoms with E-state index in [-0.39, 0.29) is 5.41 Å². The largest absolute Gasteiger partial charge is 0.456 e. The van der Waals surface area contributed by atoms with Crippen molar-refractivity contribution in [2.45, 2.75) is 32.7 Å². The number of rotatable bonds is 5. The van der Waals surface area contributed by atoms with Gasteiger partial charge in [0.1, 0.15) is 17.6 Å². The van der Waals surface area contributed by atoms with Crippen molar-refractivity contribution in [3.63, 3.8) is 0 Å². The van der Waals surface area contributed by atoms with Crippen LogP contribution in [-0.2, 0) is 12.0 Å². The molecule has 26 heavy (non-hydrogen) atoms. The van der Waals surface area contributed by atoms with Crippen molar-refractivity contribution >= 4 is 5.69 Å². The molecule has 0 saturated carbocycles. The Kier molecular flexibility index (Phi) is 4.94. The average Bonchev–Trinajstić information content (AvgIpc) is 3.11. The van der Waals surface area contributed by atoms with E-state index >= 15 is 0 Å². The Morgan fingerprint density at radius 1 is 1.12 bits per heavy atom. The molecule has 0 aliphatic carbocycles. The van der Waals surface area contributed by atoms with E-state index in [9.17, 15) is 0 Å². The van der Waals surface area contributed by atoms with Crippen LogP contribution in [-0.4, -0.2) is 10.2 Å². The first-order valence-corrected chi connectivity index (χ1v) is 8.51. The molecule has 1 heterocycles. The molecule has 0 aliphatic rings. The molecule has 3 rings (SSSR count). The van der Waals surface area contributed by atoms with Crippen LogP contribution < -0.4 is 10.1 Å². The second-order valence-electron chi connectivity index (χ2n) is 7.11. The van der Waals surface area contributed by atoms with E-state index in [0.717, 1.165) is 16.9 Å². The number of H-pyrrole nitrogens is 1. The second-order valence-corrected chi connectivity index (χ2v) is 7.11. The first kappa shape index (κ1) is 17.6. The molecule has 3 aromatic rings. The fourth-order valence-electron chi connectivity index (χ4n) is 2.71. The van der Waals surface area contributed by atoms with Gasteiger partial charge in [-0.15, -0.1) is 0 Å². The van der Waals surface area contributed by atoms with Gasteiger partial charge in [0.05, 0.1) is 11.8 Å². The minimum atomic E-state index is 0.0271. The van der Waals surface area contributed by atoms with E-state index in [0.29, 0.717) is 23.6 Å². The summed E-state index contributed by atoms with van der Waals surface area (Å²) >= 11 is 0. The van der Waals surface area contributed by atoms with Crippen molar-refractivity contribution in [2.24, 2.45) is 0 Å². The van der Waals surface area contributed by atoms with E-state index < -0.39 is 0 Å². The zero-order chi connectivity index (χ0) is 18.6. The molecule has 0 atom stereocenters. The first-order valence-electron chi connectivity index (χ1n) is 8.51. The van der Waals surface area contributed by atoms with Gasteiger partial charge >= 0.3 is 0 Å². The molecule has 1 aromatic heterocycles. The van der Waals surface area contributed by atoms with Gasteiger partial charge in [0, 0.05) is 28.9 Å². The zero-order valence-electron chi connectivity index (χ0n) is 15.2. The van der Waals surface area contributed by atoms with Crippen LogP contribution in [0.3, 0.4) is 0 Å². The summed E-state index contributed by atoms with van der Waals surface area (Å²) in [5, 5.41) is 19.8. The molecule has 0 fully saturated rings. The number of benzene rings is 2. The van der Waals surface area contributed by atoms with Crippen molar-refractivity contribution in [2.75, 3.05) is 5.32 Å². The first-order chi connectivity index (χ1) is 12.5. The Labute approximate surface area is 153 Å². The molecule has 0 spiro atoms. The molecule has 0 radical (unpaired) electrons. The summed E-state index contributed by atoms with van der Waals surface area (Å²) in [6, 6.07) is 17.0. The lowest BCUT2D eigenvalue weighted by Crippen LogP contribution is -2.15. The van der Waals surface area contributed by atoms with Crippen LogP contribution in [0.2, 0.25) is 0 Å². The highest BCUT2D eigenvalue weighted by Gasteiger charge is 2.19. The Morgan fingerprint density at radius 3 is 2.54 bits per heavy atom. The molecule has 2 N–H and O–H groups in total. The normalized spacial score (nSPS) is 11.0. The van der Waals surface area contributed by atoms with Gasteiger partial charge in [0.15, 0.2) is 0 Å².